The van der Waals surface area contributed by atoms with Crippen LogP contribution in [0.15, 0.2) is 171 Å². The largest absolute Gasteiger partial charge is 0.286 e. The van der Waals surface area contributed by atoms with Crippen LogP contribution in [-0.4, -0.2) is 49.7 Å². The minimum atomic E-state index is -0.522. The Balaban J connectivity index is 1.37. The lowest BCUT2D eigenvalue weighted by molar-refractivity contribution is -0.386. The minimum Gasteiger partial charge on any atom is -0.258 e. The summed E-state index contributed by atoms with van der Waals surface area (Å²) >= 11 is 0. The van der Waals surface area contributed by atoms with Crippen LogP contribution in [-0.2, 0) is 0 Å². The molecule has 9 rings (SSSR count). The quantitative estimate of drug-likeness (QED) is 0.0944. The Morgan fingerprint density at radius 3 is 0.700 bits per heavy atom. The van der Waals surface area contributed by atoms with Crippen LogP contribution in [0.1, 0.15) is 0 Å². The van der Waals surface area contributed by atoms with E-state index in [2.05, 4.69) is 39.9 Å². The Bertz CT molecular complexity index is 2580. The lowest BCUT2D eigenvalue weighted by atomic mass is 9.83. The van der Waals surface area contributed by atoms with E-state index >= 15 is 0 Å². The molecular formula is C46H28N10O4. The molecule has 0 radical (unpaired) electrons. The van der Waals surface area contributed by atoms with Crippen molar-refractivity contribution in [1.29, 1.82) is 0 Å². The van der Waals surface area contributed by atoms with Gasteiger partial charge in [0.05, 0.1) is 77.7 Å². The van der Waals surface area contributed by atoms with E-state index in [1.807, 2.05) is 24.3 Å². The van der Waals surface area contributed by atoms with Gasteiger partial charge in [-0.1, -0.05) is 48.5 Å². The maximum Gasteiger partial charge on any atom is 0.286 e. The van der Waals surface area contributed by atoms with Crippen LogP contribution in [0.3, 0.4) is 0 Å². The van der Waals surface area contributed by atoms with Crippen LogP contribution in [0.4, 0.5) is 11.4 Å². The Morgan fingerprint density at radius 2 is 0.533 bits per heavy atom. The van der Waals surface area contributed by atoms with Crippen molar-refractivity contribution in [2.75, 3.05) is 0 Å². The average molecular weight is 785 g/mol. The first-order chi connectivity index (χ1) is 29.4. The molecule has 8 aromatic heterocycles. The number of nitrogens with zero attached hydrogens (tertiary/aromatic N) is 10. The molecule has 0 aliphatic carbocycles. The highest BCUT2D eigenvalue weighted by Crippen LogP contribution is 2.55. The molecule has 8 heterocycles. The molecule has 14 nitrogen and oxygen atoms in total. The number of rotatable bonds is 10. The molecule has 0 amide bonds. The molecule has 0 atom stereocenters. The van der Waals surface area contributed by atoms with Crippen LogP contribution < -0.4 is 0 Å². The number of benzene rings is 1. The van der Waals surface area contributed by atoms with Crippen molar-refractivity contribution in [2.45, 2.75) is 0 Å². The second kappa shape index (κ2) is 16.0. The summed E-state index contributed by atoms with van der Waals surface area (Å²) in [6.45, 7) is 0. The summed E-state index contributed by atoms with van der Waals surface area (Å²) in [6.07, 6.45) is 12.4. The monoisotopic (exact) mass is 784 g/mol. The van der Waals surface area contributed by atoms with Gasteiger partial charge in [-0.3, -0.25) is 60.1 Å². The SMILES string of the molecule is O=[N+]([O-])c1c(-c2ccc(-c3ccccn3)nc2)c(-c2ccc(-c3ccccn3)nc2)c([N+](=O)[O-])c(-c2ccc(-c3ccccn3)nc2)c1-c1ccc(-c2ccccn2)nc1. The molecule has 0 unspecified atom stereocenters. The van der Waals surface area contributed by atoms with Crippen molar-refractivity contribution < 1.29 is 9.85 Å². The van der Waals surface area contributed by atoms with Crippen molar-refractivity contribution in [3.63, 3.8) is 0 Å². The van der Waals surface area contributed by atoms with Gasteiger partial charge in [0, 0.05) is 71.8 Å². The Hall–Kier alpha value is -8.78. The molecule has 0 fully saturated rings. The zero-order chi connectivity index (χ0) is 41.0. The molecule has 286 valence electrons. The molecule has 0 saturated carbocycles. The maximum atomic E-state index is 13.8. The summed E-state index contributed by atoms with van der Waals surface area (Å²) < 4.78 is 0. The summed E-state index contributed by atoms with van der Waals surface area (Å²) in [7, 11) is 0. The smallest absolute Gasteiger partial charge is 0.258 e. The van der Waals surface area contributed by atoms with E-state index in [0.717, 1.165) is 0 Å². The number of nitro benzene ring substituents is 2. The third kappa shape index (κ3) is 7.07. The molecule has 1 aromatic carbocycles. The van der Waals surface area contributed by atoms with Gasteiger partial charge in [-0.25, -0.2) is 0 Å². The van der Waals surface area contributed by atoms with Gasteiger partial charge in [0.25, 0.3) is 11.4 Å². The van der Waals surface area contributed by atoms with Crippen molar-refractivity contribution >= 4 is 11.4 Å². The second-order valence-electron chi connectivity index (χ2n) is 13.3. The Morgan fingerprint density at radius 1 is 0.300 bits per heavy atom. The third-order valence-electron chi connectivity index (χ3n) is 9.73. The van der Waals surface area contributed by atoms with Crippen LogP contribution >= 0.6 is 0 Å². The van der Waals surface area contributed by atoms with Crippen LogP contribution in [0.25, 0.3) is 90.1 Å². The lowest BCUT2D eigenvalue weighted by Crippen LogP contribution is -2.06. The van der Waals surface area contributed by atoms with Gasteiger partial charge in [-0.2, -0.15) is 0 Å². The Labute approximate surface area is 341 Å². The van der Waals surface area contributed by atoms with Gasteiger partial charge in [0.1, 0.15) is 0 Å². The third-order valence-corrected chi connectivity index (χ3v) is 9.73. The van der Waals surface area contributed by atoms with E-state index in [1.54, 1.807) is 122 Å². The number of aromatic nitrogens is 8. The molecule has 0 spiro atoms. The van der Waals surface area contributed by atoms with E-state index in [9.17, 15) is 20.2 Å². The van der Waals surface area contributed by atoms with E-state index in [1.165, 1.54) is 24.8 Å². The molecule has 0 saturated heterocycles. The lowest BCUT2D eigenvalue weighted by Gasteiger charge is -2.19. The van der Waals surface area contributed by atoms with Crippen molar-refractivity contribution in [2.24, 2.45) is 0 Å². The van der Waals surface area contributed by atoms with E-state index in [-0.39, 0.29) is 44.5 Å². The normalized spacial score (nSPS) is 10.9. The van der Waals surface area contributed by atoms with Gasteiger partial charge in [-0.05, 0) is 72.8 Å². The van der Waals surface area contributed by atoms with Gasteiger partial charge < -0.3 is 0 Å². The summed E-state index contributed by atoms with van der Waals surface area (Å²) in [6, 6.07) is 34.9. The molecule has 60 heavy (non-hydrogen) atoms. The zero-order valence-corrected chi connectivity index (χ0v) is 31.3. The van der Waals surface area contributed by atoms with Gasteiger partial charge in [0.2, 0.25) is 0 Å². The number of pyridine rings is 8. The second-order valence-corrected chi connectivity index (χ2v) is 13.3. The topological polar surface area (TPSA) is 189 Å². The maximum absolute atomic E-state index is 13.8. The van der Waals surface area contributed by atoms with Crippen molar-refractivity contribution in [3.05, 3.63) is 191 Å². The highest BCUT2D eigenvalue weighted by Gasteiger charge is 2.39. The molecule has 0 aliphatic heterocycles. The van der Waals surface area contributed by atoms with E-state index < -0.39 is 21.2 Å². The molecular weight excluding hydrogens is 757 g/mol. The van der Waals surface area contributed by atoms with Crippen molar-refractivity contribution in [1.82, 2.24) is 39.9 Å². The fourth-order valence-corrected chi connectivity index (χ4v) is 7.04. The molecule has 0 bridgehead atoms. The van der Waals surface area contributed by atoms with Gasteiger partial charge >= 0.3 is 0 Å². The van der Waals surface area contributed by atoms with Crippen LogP contribution in [0, 0.1) is 20.2 Å². The van der Waals surface area contributed by atoms with E-state index in [0.29, 0.717) is 45.6 Å². The molecule has 0 N–H and O–H groups in total. The summed E-state index contributed by atoms with van der Waals surface area (Å²) in [5.41, 5.74) is 4.38. The Kier molecular flexibility index (Phi) is 9.82. The number of nitro groups is 2. The number of hydrogen-bond donors (Lipinski definition) is 0. The summed E-state index contributed by atoms with van der Waals surface area (Å²) in [4.78, 5) is 62.7. The van der Waals surface area contributed by atoms with Gasteiger partial charge in [-0.15, -0.1) is 0 Å². The minimum absolute atomic E-state index is 0.0372. The van der Waals surface area contributed by atoms with Crippen LogP contribution in [0.2, 0.25) is 0 Å². The molecule has 9 aromatic rings. The highest BCUT2D eigenvalue weighted by atomic mass is 16.6. The van der Waals surface area contributed by atoms with Gasteiger partial charge in [0.15, 0.2) is 0 Å². The van der Waals surface area contributed by atoms with E-state index in [4.69, 9.17) is 0 Å². The molecule has 14 heteroatoms. The zero-order valence-electron chi connectivity index (χ0n) is 31.3. The summed E-state index contributed by atoms with van der Waals surface area (Å²) in [5.74, 6) is 0. The average Bonchev–Trinajstić information content (AvgIpc) is 3.32. The summed E-state index contributed by atoms with van der Waals surface area (Å²) in [5, 5.41) is 27.6. The first-order valence-corrected chi connectivity index (χ1v) is 18.5. The fourth-order valence-electron chi connectivity index (χ4n) is 7.04. The predicted octanol–water partition coefficient (Wildman–Crippen LogP) is 10.00. The predicted molar refractivity (Wildman–Crippen MR) is 226 cm³/mol. The first kappa shape index (κ1) is 36.8. The molecule has 0 aliphatic rings. The number of hydrogen-bond acceptors (Lipinski definition) is 12. The highest BCUT2D eigenvalue weighted by molar-refractivity contribution is 6.09. The fraction of sp³-hybridized carbons (Fsp3) is 0. The first-order valence-electron chi connectivity index (χ1n) is 18.5. The standard InChI is InChI=1S/C46H28N10O4/c57-55(58)45-41(29-13-17-37(51-25-29)33-9-1-5-21-47-33)42(30-14-18-38(52-26-30)34-10-2-6-22-48-34)46(56(59)60)44(32-16-20-40(54-28-32)36-12-4-8-24-50-36)43(45)31-15-19-39(53-27-31)35-11-3-7-23-49-35/h1-28H. The van der Waals surface area contributed by atoms with Crippen molar-refractivity contribution in [3.8, 4) is 90.1 Å². The van der Waals surface area contributed by atoms with Crippen LogP contribution in [0.5, 0.6) is 0 Å².